The van der Waals surface area contributed by atoms with Crippen molar-refractivity contribution in [1.82, 2.24) is 9.55 Å². The fourth-order valence-corrected chi connectivity index (χ4v) is 1.87. The van der Waals surface area contributed by atoms with Crippen molar-refractivity contribution in [1.29, 1.82) is 0 Å². The van der Waals surface area contributed by atoms with Crippen LogP contribution in [0.3, 0.4) is 0 Å². The lowest BCUT2D eigenvalue weighted by atomic mass is 10.5. The van der Waals surface area contributed by atoms with E-state index in [1.54, 1.807) is 0 Å². The van der Waals surface area contributed by atoms with Gasteiger partial charge < -0.3 is 15.9 Å². The molecule has 8 heteroatoms. The van der Waals surface area contributed by atoms with Gasteiger partial charge in [0.05, 0.1) is 13.2 Å². The first kappa shape index (κ1) is 12.9. The predicted octanol–water partition coefficient (Wildman–Crippen LogP) is -0.819. The molecule has 6 nitrogen and oxygen atoms in total. The van der Waals surface area contributed by atoms with Gasteiger partial charge in [-0.05, 0) is 0 Å². The van der Waals surface area contributed by atoms with Gasteiger partial charge in [-0.25, -0.2) is 9.18 Å². The number of halogens is 1. The summed E-state index contributed by atoms with van der Waals surface area (Å²) in [6.07, 6.45) is 0.899. The number of thioether (sulfide) groups is 1. The van der Waals surface area contributed by atoms with Crippen LogP contribution < -0.4 is 11.4 Å². The smallest absolute Gasteiger partial charge is 0.350 e. The van der Waals surface area contributed by atoms with Gasteiger partial charge in [0.25, 0.3) is 0 Å². The van der Waals surface area contributed by atoms with E-state index < -0.39 is 22.7 Å². The second-order valence-electron chi connectivity index (χ2n) is 2.90. The lowest BCUT2D eigenvalue weighted by molar-refractivity contribution is 0.266. The van der Waals surface area contributed by atoms with Crippen LogP contribution in [0.25, 0.3) is 0 Å². The molecule has 0 saturated heterocycles. The minimum Gasteiger partial charge on any atom is -0.396 e. The van der Waals surface area contributed by atoms with Crippen LogP contribution in [0.2, 0.25) is 0 Å². The molecule has 1 atom stereocenters. The first-order valence-electron chi connectivity index (χ1n) is 4.47. The average Bonchev–Trinajstić information content (AvgIpc) is 2.26. The molecule has 0 aromatic carbocycles. The Bertz CT molecular complexity index is 412. The highest BCUT2D eigenvalue weighted by Crippen LogP contribution is 2.20. The third-order valence-corrected chi connectivity index (χ3v) is 2.98. The van der Waals surface area contributed by atoms with E-state index in [1.807, 2.05) is 0 Å². The second-order valence-corrected chi connectivity index (χ2v) is 4.18. The fourth-order valence-electron chi connectivity index (χ4n) is 1.07. The van der Waals surface area contributed by atoms with Crippen molar-refractivity contribution in [3.8, 4) is 0 Å². The van der Waals surface area contributed by atoms with Gasteiger partial charge in [0, 0.05) is 11.9 Å². The molecule has 1 aromatic heterocycles. The SMILES string of the molecule is Nc1nc(=O)n([C@@H](CO)SCCO)cc1F. The first-order chi connectivity index (χ1) is 7.60. The zero-order valence-electron chi connectivity index (χ0n) is 8.34. The Morgan fingerprint density at radius 3 is 2.88 bits per heavy atom. The van der Waals surface area contributed by atoms with Gasteiger partial charge in [-0.1, -0.05) is 0 Å². The van der Waals surface area contributed by atoms with Crippen molar-refractivity contribution in [2.45, 2.75) is 5.37 Å². The number of rotatable bonds is 5. The standard InChI is InChI=1S/C8H12FN3O3S/c9-5-3-12(8(15)11-7(5)10)6(4-14)16-2-1-13/h3,6,13-14H,1-2,4H2,(H2,10,11,15)/t6-/m1/s1. The summed E-state index contributed by atoms with van der Waals surface area (Å²) in [4.78, 5) is 14.6. The van der Waals surface area contributed by atoms with E-state index in [-0.39, 0.29) is 13.2 Å². The normalized spacial score (nSPS) is 12.7. The van der Waals surface area contributed by atoms with Crippen molar-refractivity contribution < 1.29 is 14.6 Å². The zero-order valence-corrected chi connectivity index (χ0v) is 9.15. The molecule has 0 spiro atoms. The van der Waals surface area contributed by atoms with E-state index in [1.165, 1.54) is 0 Å². The third-order valence-electron chi connectivity index (χ3n) is 1.80. The number of nitrogens with two attached hydrogens (primary N) is 1. The monoisotopic (exact) mass is 249 g/mol. The van der Waals surface area contributed by atoms with Crippen molar-refractivity contribution in [3.63, 3.8) is 0 Å². The molecule has 1 heterocycles. The second kappa shape index (κ2) is 5.83. The number of anilines is 1. The Kier molecular flexibility index (Phi) is 4.71. The number of nitrogen functional groups attached to an aromatic ring is 1. The van der Waals surface area contributed by atoms with Gasteiger partial charge in [-0.2, -0.15) is 4.98 Å². The fraction of sp³-hybridized carbons (Fsp3) is 0.500. The third kappa shape index (κ3) is 2.94. The molecule has 0 fully saturated rings. The molecule has 0 radical (unpaired) electrons. The van der Waals surface area contributed by atoms with Gasteiger partial charge in [0.1, 0.15) is 5.37 Å². The van der Waals surface area contributed by atoms with Crippen LogP contribution in [0, 0.1) is 5.82 Å². The Balaban J connectivity index is 3.00. The number of aliphatic hydroxyl groups excluding tert-OH is 2. The molecular formula is C8H12FN3O3S. The van der Waals surface area contributed by atoms with Crippen LogP contribution in [-0.2, 0) is 0 Å². The number of hydrogen-bond acceptors (Lipinski definition) is 6. The molecule has 90 valence electrons. The summed E-state index contributed by atoms with van der Waals surface area (Å²) in [5.74, 6) is -0.961. The van der Waals surface area contributed by atoms with E-state index in [4.69, 9.17) is 15.9 Å². The molecule has 16 heavy (non-hydrogen) atoms. The van der Waals surface area contributed by atoms with Crippen LogP contribution in [-0.4, -0.2) is 38.7 Å². The van der Waals surface area contributed by atoms with E-state index >= 15 is 0 Å². The summed E-state index contributed by atoms with van der Waals surface area (Å²) < 4.78 is 14.0. The van der Waals surface area contributed by atoms with Crippen molar-refractivity contribution in [2.75, 3.05) is 24.7 Å². The van der Waals surface area contributed by atoms with Crippen molar-refractivity contribution in [2.24, 2.45) is 0 Å². The number of nitrogens with zero attached hydrogens (tertiary/aromatic N) is 2. The Hall–Kier alpha value is -1.12. The number of aliphatic hydroxyl groups is 2. The molecular weight excluding hydrogens is 237 g/mol. The zero-order chi connectivity index (χ0) is 12.1. The van der Waals surface area contributed by atoms with Crippen LogP contribution >= 0.6 is 11.8 Å². The maximum absolute atomic E-state index is 13.1. The van der Waals surface area contributed by atoms with E-state index in [0.717, 1.165) is 22.5 Å². The maximum Gasteiger partial charge on any atom is 0.350 e. The van der Waals surface area contributed by atoms with Gasteiger partial charge >= 0.3 is 5.69 Å². The molecule has 0 amide bonds. The van der Waals surface area contributed by atoms with E-state index in [0.29, 0.717) is 5.75 Å². The van der Waals surface area contributed by atoms with Gasteiger partial charge in [0.2, 0.25) is 0 Å². The van der Waals surface area contributed by atoms with Crippen LogP contribution in [0.15, 0.2) is 11.0 Å². The summed E-state index contributed by atoms with van der Waals surface area (Å²) in [7, 11) is 0. The highest BCUT2D eigenvalue weighted by molar-refractivity contribution is 7.99. The van der Waals surface area contributed by atoms with E-state index in [9.17, 15) is 9.18 Å². The number of aromatic nitrogens is 2. The summed E-state index contributed by atoms with van der Waals surface area (Å²) in [5, 5.41) is 17.0. The minimum absolute atomic E-state index is 0.0964. The average molecular weight is 249 g/mol. The van der Waals surface area contributed by atoms with Gasteiger partial charge in [0.15, 0.2) is 11.6 Å². The maximum atomic E-state index is 13.1. The lowest BCUT2D eigenvalue weighted by Crippen LogP contribution is -2.29. The first-order valence-corrected chi connectivity index (χ1v) is 5.52. The molecule has 0 saturated carbocycles. The summed E-state index contributed by atoms with van der Waals surface area (Å²) in [6.45, 7) is -0.462. The van der Waals surface area contributed by atoms with Crippen LogP contribution in [0.1, 0.15) is 5.37 Å². The molecule has 1 aromatic rings. The minimum atomic E-state index is -0.817. The topological polar surface area (TPSA) is 101 Å². The molecule has 0 aliphatic heterocycles. The Morgan fingerprint density at radius 2 is 2.31 bits per heavy atom. The predicted molar refractivity (Wildman–Crippen MR) is 58.5 cm³/mol. The van der Waals surface area contributed by atoms with Crippen molar-refractivity contribution >= 4 is 17.6 Å². The highest BCUT2D eigenvalue weighted by Gasteiger charge is 2.14. The largest absolute Gasteiger partial charge is 0.396 e. The Labute approximate surface area is 94.9 Å². The van der Waals surface area contributed by atoms with Crippen LogP contribution in [0.4, 0.5) is 10.2 Å². The molecule has 0 unspecified atom stereocenters. The van der Waals surface area contributed by atoms with Crippen molar-refractivity contribution in [3.05, 3.63) is 22.5 Å². The van der Waals surface area contributed by atoms with Gasteiger partial charge in [-0.15, -0.1) is 11.8 Å². The molecule has 0 aliphatic carbocycles. The number of hydrogen-bond donors (Lipinski definition) is 3. The van der Waals surface area contributed by atoms with Crippen LogP contribution in [0.5, 0.6) is 0 Å². The lowest BCUT2D eigenvalue weighted by Gasteiger charge is -2.16. The molecule has 0 bridgehead atoms. The summed E-state index contributed by atoms with van der Waals surface area (Å²) in [5.41, 5.74) is 4.39. The van der Waals surface area contributed by atoms with E-state index in [2.05, 4.69) is 4.98 Å². The summed E-state index contributed by atoms with van der Waals surface area (Å²) >= 11 is 1.12. The molecule has 4 N–H and O–H groups in total. The van der Waals surface area contributed by atoms with Gasteiger partial charge in [-0.3, -0.25) is 4.57 Å². The highest BCUT2D eigenvalue weighted by atomic mass is 32.2. The quantitative estimate of drug-likeness (QED) is 0.630. The Morgan fingerprint density at radius 1 is 1.62 bits per heavy atom. The molecule has 0 aliphatic rings. The molecule has 1 rings (SSSR count). The summed E-state index contributed by atoms with van der Waals surface area (Å²) in [6, 6.07) is 0.